The summed E-state index contributed by atoms with van der Waals surface area (Å²) in [5.41, 5.74) is 0.271. The molecule has 3 rings (SSSR count). The number of nitro groups is 1. The Kier molecular flexibility index (Phi) is 6.56. The number of hydrogen-bond donors (Lipinski definition) is 1. The van der Waals surface area contributed by atoms with Crippen LogP contribution in [0.15, 0.2) is 48.5 Å². The average Bonchev–Trinajstić information content (AvgIpc) is 3.20. The van der Waals surface area contributed by atoms with Gasteiger partial charge in [-0.1, -0.05) is 6.07 Å². The second kappa shape index (κ2) is 9.12. The van der Waals surface area contributed by atoms with E-state index in [9.17, 15) is 23.3 Å². The van der Waals surface area contributed by atoms with Gasteiger partial charge in [0, 0.05) is 17.8 Å². The summed E-state index contributed by atoms with van der Waals surface area (Å²) in [6, 6.07) is 12.0. The maximum Gasteiger partial charge on any atom is 0.271 e. The molecule has 10 heteroatoms. The average molecular weight is 433 g/mol. The van der Waals surface area contributed by atoms with Gasteiger partial charge >= 0.3 is 0 Å². The van der Waals surface area contributed by atoms with Crippen molar-refractivity contribution in [2.75, 3.05) is 22.4 Å². The molecule has 1 aliphatic rings. The van der Waals surface area contributed by atoms with Crippen LogP contribution in [0.4, 0.5) is 17.1 Å². The van der Waals surface area contributed by atoms with Gasteiger partial charge < -0.3 is 10.1 Å². The van der Waals surface area contributed by atoms with Crippen LogP contribution in [0.5, 0.6) is 5.75 Å². The molecule has 1 fully saturated rings. The van der Waals surface area contributed by atoms with Gasteiger partial charge in [-0.05, 0) is 56.0 Å². The molecule has 0 spiro atoms. The first kappa shape index (κ1) is 21.6. The van der Waals surface area contributed by atoms with Gasteiger partial charge in [0.25, 0.3) is 5.69 Å². The van der Waals surface area contributed by atoms with Crippen LogP contribution in [-0.2, 0) is 14.8 Å². The predicted molar refractivity (Wildman–Crippen MR) is 113 cm³/mol. The molecule has 2 aromatic carbocycles. The number of benzene rings is 2. The van der Waals surface area contributed by atoms with E-state index < -0.39 is 27.4 Å². The first-order valence-corrected chi connectivity index (χ1v) is 11.4. The first-order valence-electron chi connectivity index (χ1n) is 9.51. The van der Waals surface area contributed by atoms with Crippen molar-refractivity contribution in [2.24, 2.45) is 0 Å². The summed E-state index contributed by atoms with van der Waals surface area (Å²) >= 11 is 0. The van der Waals surface area contributed by atoms with Crippen molar-refractivity contribution >= 4 is 33.0 Å². The molecule has 0 atom stereocenters. The Hall–Kier alpha value is -3.14. The molecular weight excluding hydrogens is 410 g/mol. The number of ether oxygens (including phenoxy) is 1. The highest BCUT2D eigenvalue weighted by Gasteiger charge is 2.23. The van der Waals surface area contributed by atoms with E-state index in [-0.39, 0.29) is 17.5 Å². The van der Waals surface area contributed by atoms with Crippen LogP contribution >= 0.6 is 0 Å². The van der Waals surface area contributed by atoms with Crippen molar-refractivity contribution in [2.45, 2.75) is 31.8 Å². The van der Waals surface area contributed by atoms with Gasteiger partial charge in [0.1, 0.15) is 12.3 Å². The van der Waals surface area contributed by atoms with E-state index in [2.05, 4.69) is 5.32 Å². The molecular formula is C20H23N3O6S. The summed E-state index contributed by atoms with van der Waals surface area (Å²) in [7, 11) is -3.84. The lowest BCUT2D eigenvalue weighted by Gasteiger charge is -2.21. The predicted octanol–water partition coefficient (Wildman–Crippen LogP) is 3.32. The third-order valence-electron chi connectivity index (χ3n) is 4.76. The molecule has 1 saturated carbocycles. The number of nitro benzene ring substituents is 1. The summed E-state index contributed by atoms with van der Waals surface area (Å²) in [6.07, 6.45) is 5.58. The fraction of sp³-hybridized carbons (Fsp3) is 0.350. The van der Waals surface area contributed by atoms with E-state index in [0.29, 0.717) is 11.4 Å². The Balaban J connectivity index is 1.67. The molecule has 1 N–H and O–H groups in total. The van der Waals surface area contributed by atoms with Crippen LogP contribution in [0, 0.1) is 10.1 Å². The van der Waals surface area contributed by atoms with Crippen molar-refractivity contribution < 1.29 is 22.9 Å². The number of nitrogens with zero attached hydrogens (tertiary/aromatic N) is 2. The number of rotatable bonds is 8. The number of amides is 1. The van der Waals surface area contributed by atoms with Gasteiger partial charge in [0.05, 0.1) is 23.0 Å². The van der Waals surface area contributed by atoms with E-state index in [1.807, 2.05) is 0 Å². The monoisotopic (exact) mass is 433 g/mol. The lowest BCUT2D eigenvalue weighted by molar-refractivity contribution is -0.384. The van der Waals surface area contributed by atoms with Crippen molar-refractivity contribution in [1.82, 2.24) is 0 Å². The maximum atomic E-state index is 12.4. The summed E-state index contributed by atoms with van der Waals surface area (Å²) in [4.78, 5) is 22.8. The van der Waals surface area contributed by atoms with E-state index in [1.165, 1.54) is 31.0 Å². The highest BCUT2D eigenvalue weighted by atomic mass is 32.2. The Morgan fingerprint density at radius 2 is 1.87 bits per heavy atom. The minimum atomic E-state index is -3.84. The Labute approximate surface area is 174 Å². The largest absolute Gasteiger partial charge is 0.490 e. The van der Waals surface area contributed by atoms with Crippen LogP contribution in [0.1, 0.15) is 25.7 Å². The van der Waals surface area contributed by atoms with Crippen molar-refractivity contribution in [1.29, 1.82) is 0 Å². The Morgan fingerprint density at radius 3 is 2.47 bits per heavy atom. The molecule has 1 aliphatic carbocycles. The normalized spacial score (nSPS) is 14.3. The number of sulfonamides is 1. The second-order valence-electron chi connectivity index (χ2n) is 7.14. The van der Waals surface area contributed by atoms with Gasteiger partial charge in [-0.3, -0.25) is 19.2 Å². The van der Waals surface area contributed by atoms with Gasteiger partial charge in [0.2, 0.25) is 15.9 Å². The molecule has 9 nitrogen and oxygen atoms in total. The van der Waals surface area contributed by atoms with Crippen molar-refractivity contribution in [3.63, 3.8) is 0 Å². The number of carbonyl (C=O) groups is 1. The fourth-order valence-electron chi connectivity index (χ4n) is 3.31. The molecule has 0 radical (unpaired) electrons. The smallest absolute Gasteiger partial charge is 0.271 e. The summed E-state index contributed by atoms with van der Waals surface area (Å²) in [5.74, 6) is 0.144. The van der Waals surface area contributed by atoms with E-state index >= 15 is 0 Å². The van der Waals surface area contributed by atoms with Crippen LogP contribution in [-0.4, -0.2) is 38.2 Å². The number of carbonyl (C=O) groups excluding carboxylic acids is 1. The molecule has 0 aliphatic heterocycles. The van der Waals surface area contributed by atoms with Gasteiger partial charge in [0.15, 0.2) is 0 Å². The third kappa shape index (κ3) is 5.69. The van der Waals surface area contributed by atoms with E-state index in [1.54, 1.807) is 24.3 Å². The topological polar surface area (TPSA) is 119 Å². The molecule has 160 valence electrons. The minimum absolute atomic E-state index is 0.0437. The van der Waals surface area contributed by atoms with Crippen LogP contribution in [0.3, 0.4) is 0 Å². The standard InChI is InChI=1S/C20H23N3O6S/c1-30(27,28)22(16-5-4-6-17(13-16)23(25)26)14-20(24)21-15-9-11-19(12-10-15)29-18-7-2-3-8-18/h4-6,9-13,18H,2-3,7-8,14H2,1H3,(H,21,24). The van der Waals surface area contributed by atoms with Crippen LogP contribution in [0.25, 0.3) is 0 Å². The Bertz CT molecular complexity index is 1020. The quantitative estimate of drug-likeness (QED) is 0.504. The number of anilines is 2. The highest BCUT2D eigenvalue weighted by molar-refractivity contribution is 7.92. The molecule has 0 bridgehead atoms. The van der Waals surface area contributed by atoms with Gasteiger partial charge in [-0.2, -0.15) is 0 Å². The lowest BCUT2D eigenvalue weighted by Crippen LogP contribution is -2.37. The molecule has 30 heavy (non-hydrogen) atoms. The molecule has 0 unspecified atom stereocenters. The number of non-ortho nitro benzene ring substituents is 1. The second-order valence-corrected chi connectivity index (χ2v) is 9.05. The van der Waals surface area contributed by atoms with Gasteiger partial charge in [-0.25, -0.2) is 8.42 Å². The van der Waals surface area contributed by atoms with Gasteiger partial charge in [-0.15, -0.1) is 0 Å². The van der Waals surface area contributed by atoms with Crippen molar-refractivity contribution in [3.8, 4) is 5.75 Å². The molecule has 1 amide bonds. The maximum absolute atomic E-state index is 12.4. The summed E-state index contributed by atoms with van der Waals surface area (Å²) in [5, 5.41) is 13.6. The Morgan fingerprint density at radius 1 is 1.20 bits per heavy atom. The molecule has 0 saturated heterocycles. The first-order chi connectivity index (χ1) is 14.2. The zero-order valence-electron chi connectivity index (χ0n) is 16.5. The SMILES string of the molecule is CS(=O)(=O)N(CC(=O)Nc1ccc(OC2CCCC2)cc1)c1cccc([N+](=O)[O-])c1. The van der Waals surface area contributed by atoms with Crippen LogP contribution < -0.4 is 14.4 Å². The number of hydrogen-bond acceptors (Lipinski definition) is 6. The molecule has 0 aromatic heterocycles. The summed E-state index contributed by atoms with van der Waals surface area (Å²) < 4.78 is 31.0. The van der Waals surface area contributed by atoms with E-state index in [0.717, 1.165) is 29.5 Å². The fourth-order valence-corrected chi connectivity index (χ4v) is 4.16. The number of nitrogens with one attached hydrogen (secondary N) is 1. The molecule has 0 heterocycles. The van der Waals surface area contributed by atoms with E-state index in [4.69, 9.17) is 4.74 Å². The zero-order valence-corrected chi connectivity index (χ0v) is 17.3. The summed E-state index contributed by atoms with van der Waals surface area (Å²) in [6.45, 7) is -0.514. The minimum Gasteiger partial charge on any atom is -0.490 e. The highest BCUT2D eigenvalue weighted by Crippen LogP contribution is 2.26. The zero-order chi connectivity index (χ0) is 21.7. The lowest BCUT2D eigenvalue weighted by atomic mass is 10.2. The van der Waals surface area contributed by atoms with Crippen LogP contribution in [0.2, 0.25) is 0 Å². The molecule has 2 aromatic rings. The third-order valence-corrected chi connectivity index (χ3v) is 5.90. The van der Waals surface area contributed by atoms with Crippen molar-refractivity contribution in [3.05, 3.63) is 58.6 Å².